The van der Waals surface area contributed by atoms with Gasteiger partial charge in [-0.3, -0.25) is 0 Å². The predicted molar refractivity (Wildman–Crippen MR) is 521 cm³/mol. The summed E-state index contributed by atoms with van der Waals surface area (Å²) in [4.78, 5) is 48.3. The summed E-state index contributed by atoms with van der Waals surface area (Å²) in [6, 6.07) is 110. The van der Waals surface area contributed by atoms with Crippen LogP contribution in [0.15, 0.2) is 338 Å². The molecule has 21 aromatic rings. The fourth-order valence-electron chi connectivity index (χ4n) is 15.9. The van der Waals surface area contributed by atoms with Crippen molar-refractivity contribution in [1.82, 2.24) is 59.8 Å². The molecule has 0 aliphatic carbocycles. The first-order chi connectivity index (χ1) is 60.3. The number of halogens is 3. The zero-order valence-corrected chi connectivity index (χ0v) is 73.7. The molecule has 16 nitrogen and oxygen atoms in total. The number of imidazole rings is 4. The highest BCUT2D eigenvalue weighted by Crippen LogP contribution is 2.45. The normalized spacial score (nSPS) is 11.1. The van der Waals surface area contributed by atoms with E-state index in [4.69, 9.17) is 38.9 Å². The summed E-state index contributed by atoms with van der Waals surface area (Å²) in [5.41, 5.74) is 29.4. The van der Waals surface area contributed by atoms with Crippen molar-refractivity contribution in [1.29, 1.82) is 0 Å². The smallest absolute Gasteiger partial charge is 0.161 e. The van der Waals surface area contributed by atoms with Crippen molar-refractivity contribution in [2.45, 2.75) is 13.8 Å². The minimum atomic E-state index is 0.672. The van der Waals surface area contributed by atoms with Crippen molar-refractivity contribution in [2.75, 3.05) is 28.4 Å². The van der Waals surface area contributed by atoms with Crippen LogP contribution in [0.2, 0.25) is 0 Å². The van der Waals surface area contributed by atoms with E-state index in [1.165, 1.54) is 23.7 Å². The first kappa shape index (κ1) is 80.1. The van der Waals surface area contributed by atoms with Gasteiger partial charge in [0.2, 0.25) is 0 Å². The van der Waals surface area contributed by atoms with Crippen molar-refractivity contribution < 1.29 is 18.9 Å². The average molecular weight is 1900 g/mol. The van der Waals surface area contributed by atoms with Gasteiger partial charge in [-0.05, 0) is 167 Å². The number of nitrogens with one attached hydrogen (secondary N) is 8. The number of ether oxygens (including phenoxy) is 4. The Morgan fingerprint density at radius 2 is 0.593 bits per heavy atom. The molecule has 8 N–H and O–H groups in total. The number of hydrogen-bond donors (Lipinski definition) is 8. The maximum atomic E-state index is 5.53. The second-order valence-corrected chi connectivity index (χ2v) is 32.8. The fourth-order valence-corrected chi connectivity index (χ4v) is 17.3. The van der Waals surface area contributed by atoms with Crippen LogP contribution in [0.3, 0.4) is 0 Å². The molecule has 0 bridgehead atoms. The zero-order valence-electron chi connectivity index (χ0n) is 67.8. The van der Waals surface area contributed by atoms with E-state index in [1.807, 2.05) is 122 Å². The summed E-state index contributed by atoms with van der Waals surface area (Å²) in [5, 5.41) is 4.59. The third-order valence-corrected chi connectivity index (χ3v) is 23.6. The van der Waals surface area contributed by atoms with E-state index in [0.29, 0.717) is 23.0 Å². The number of aromatic amines is 8. The van der Waals surface area contributed by atoms with E-state index in [9.17, 15) is 0 Å². The molecule has 13 aromatic carbocycles. The van der Waals surface area contributed by atoms with Crippen LogP contribution in [0.4, 0.5) is 0 Å². The number of rotatable bonds is 17. The van der Waals surface area contributed by atoms with E-state index in [1.54, 1.807) is 28.4 Å². The summed E-state index contributed by atoms with van der Waals surface area (Å²) < 4.78 is 25.3. The third kappa shape index (κ3) is 16.6. The van der Waals surface area contributed by atoms with Gasteiger partial charge in [-0.15, -0.1) is 0 Å². The van der Waals surface area contributed by atoms with Crippen LogP contribution in [0.1, 0.15) is 11.4 Å². The molecule has 0 spiro atoms. The Morgan fingerprint density at radius 1 is 0.260 bits per heavy atom. The first-order valence-corrected chi connectivity index (χ1v) is 43.0. The number of para-hydroxylation sites is 3. The number of methoxy groups -OCH3 is 4. The Balaban J connectivity index is 0.000000112. The first-order valence-electron chi connectivity index (χ1n) is 40.0. The number of H-pyrrole nitrogens is 8. The van der Waals surface area contributed by atoms with Gasteiger partial charge in [-0.2, -0.15) is 0 Å². The maximum absolute atomic E-state index is 5.53. The number of aryl methyl sites for hydroxylation is 2. The van der Waals surface area contributed by atoms with Crippen LogP contribution < -0.4 is 18.9 Å². The SMILES string of the molecule is Brc1ccc2[nH]cc(-c3nc(-c4cccc(I)c4)c(-c4cccc(I)c4)[nH]3)c2c1.COc1ccc(-c2nc(-c3c(C)[nH]c4ccccc34)[nH]c2-c2ccccc2)cc1OC.COc1ccc(-c2nc(-c3c[nH]c4ccccc34)[nH]c2-c2ccccc2)cc1OC.Cc1[nH]c2ccccc2c1-c1nc(-c2ccccc2)c(-c2ccc(-c3ccccc3)cc2)[nH]1. The molecule has 0 saturated heterocycles. The number of aromatic nitrogens is 12. The molecule has 8 aromatic heterocycles. The van der Waals surface area contributed by atoms with Crippen LogP contribution >= 0.6 is 61.1 Å². The molecule has 0 aliphatic heterocycles. The molecule has 602 valence electrons. The van der Waals surface area contributed by atoms with Crippen molar-refractivity contribution in [2.24, 2.45) is 0 Å². The maximum Gasteiger partial charge on any atom is 0.161 e. The second-order valence-electron chi connectivity index (χ2n) is 29.4. The van der Waals surface area contributed by atoms with Crippen LogP contribution in [0, 0.1) is 21.0 Å². The minimum Gasteiger partial charge on any atom is -0.493 e. The molecule has 19 heteroatoms. The van der Waals surface area contributed by atoms with Gasteiger partial charge in [0.15, 0.2) is 23.0 Å². The minimum absolute atomic E-state index is 0.672. The molecule has 0 saturated carbocycles. The van der Waals surface area contributed by atoms with Crippen molar-refractivity contribution in [3.63, 3.8) is 0 Å². The molecule has 8 heterocycles. The molecule has 0 atom stereocenters. The number of fused-ring (bicyclic) bond motifs is 4. The van der Waals surface area contributed by atoms with Gasteiger partial charge >= 0.3 is 0 Å². The van der Waals surface area contributed by atoms with E-state index < -0.39 is 0 Å². The number of nitrogens with zero attached hydrogens (tertiary/aromatic N) is 4. The Bertz CT molecular complexity index is 7260. The van der Waals surface area contributed by atoms with Crippen molar-refractivity contribution in [3.8, 4) is 170 Å². The Morgan fingerprint density at radius 3 is 1.07 bits per heavy atom. The highest BCUT2D eigenvalue weighted by atomic mass is 127. The lowest BCUT2D eigenvalue weighted by Gasteiger charge is -2.09. The second kappa shape index (κ2) is 35.7. The molecule has 0 unspecified atom stereocenters. The van der Waals surface area contributed by atoms with E-state index in [-0.39, 0.29) is 0 Å². The molecule has 0 radical (unpaired) electrons. The molecule has 123 heavy (non-hydrogen) atoms. The molecule has 21 rings (SSSR count). The summed E-state index contributed by atoms with van der Waals surface area (Å²) in [5.74, 6) is 6.11. The topological polar surface area (TPSA) is 215 Å². The van der Waals surface area contributed by atoms with Crippen molar-refractivity contribution in [3.05, 3.63) is 357 Å². The van der Waals surface area contributed by atoms with E-state index in [2.05, 4.69) is 327 Å². The highest BCUT2D eigenvalue weighted by Gasteiger charge is 2.25. The van der Waals surface area contributed by atoms with Crippen LogP contribution in [0.25, 0.3) is 190 Å². The van der Waals surface area contributed by atoms with E-state index >= 15 is 0 Å². The molecule has 0 amide bonds. The average Bonchev–Trinajstić information content (AvgIpc) is 1.63. The molecular formula is C104H81BrI2N12O4. The number of benzene rings is 13. The molecule has 0 fully saturated rings. The van der Waals surface area contributed by atoms with Crippen LogP contribution in [0.5, 0.6) is 23.0 Å². The van der Waals surface area contributed by atoms with E-state index in [0.717, 1.165) is 190 Å². The van der Waals surface area contributed by atoms with Gasteiger partial charge in [0.05, 0.1) is 74.0 Å². The summed E-state index contributed by atoms with van der Waals surface area (Å²) >= 11 is 8.28. The standard InChI is InChI=1S/C30H23N3.C26H23N3O2.C25H21N3O2.C23H14BrI2N3/c1-20-27(25-14-8-9-15-26(25)31-20)30-32-28(23-12-6-3-7-13-23)29(33-30)24-18-16-22(17-19-24)21-10-4-2-5-11-21;1-16-23(19-11-7-8-12-20(19)27-16)26-28-24(17-9-5-4-6-10-17)25(29-26)18-13-14-21(30-2)22(15-18)31-3;1-29-21-13-12-17(14-22(21)30-2)24-23(16-8-4-3-5-9-16)27-25(28-24)19-15-26-20-11-7-6-10-18(19)20;24-15-7-8-20-18(11-15)19(12-27-20)23-28-21(13-3-1-5-16(25)9-13)22(29-23)14-4-2-6-17(26)10-14/h2-19,31H,1H3,(H,32,33);4-15,27H,1-3H3,(H,28,29);3-15,26H,1-2H3,(H,27,28);1-12,27H,(H,28,29). The Kier molecular flexibility index (Phi) is 23.3. The third-order valence-electron chi connectivity index (χ3n) is 21.8. The lowest BCUT2D eigenvalue weighted by Crippen LogP contribution is -1.91. The predicted octanol–water partition coefficient (Wildman–Crippen LogP) is 27.9. The number of hydrogen-bond acceptors (Lipinski definition) is 8. The van der Waals surface area contributed by atoms with Gasteiger partial charge in [-0.1, -0.05) is 240 Å². The van der Waals surface area contributed by atoms with Gasteiger partial charge in [0, 0.05) is 146 Å². The van der Waals surface area contributed by atoms with Gasteiger partial charge in [0.1, 0.15) is 23.3 Å². The highest BCUT2D eigenvalue weighted by molar-refractivity contribution is 14.1. The molecular weight excluding hydrogens is 1810 g/mol. The van der Waals surface area contributed by atoms with Crippen LogP contribution in [-0.2, 0) is 0 Å². The lowest BCUT2D eigenvalue weighted by molar-refractivity contribution is 0.355. The largest absolute Gasteiger partial charge is 0.493 e. The van der Waals surface area contributed by atoms with Crippen LogP contribution in [-0.4, -0.2) is 88.2 Å². The Hall–Kier alpha value is -14.0. The fraction of sp³-hybridized carbons (Fsp3) is 0.0577. The van der Waals surface area contributed by atoms with Gasteiger partial charge < -0.3 is 58.8 Å². The summed E-state index contributed by atoms with van der Waals surface area (Å²) in [6.45, 7) is 4.19. The van der Waals surface area contributed by atoms with Gasteiger partial charge in [-0.25, -0.2) is 19.9 Å². The summed E-state index contributed by atoms with van der Waals surface area (Å²) in [6.07, 6.45) is 4.02. The Labute approximate surface area is 746 Å². The van der Waals surface area contributed by atoms with Gasteiger partial charge in [0.25, 0.3) is 0 Å². The lowest BCUT2D eigenvalue weighted by atomic mass is 10.0. The zero-order chi connectivity index (χ0) is 84.0. The quantitative estimate of drug-likeness (QED) is 0.0410. The summed E-state index contributed by atoms with van der Waals surface area (Å²) in [7, 11) is 6.56. The molecule has 0 aliphatic rings. The monoisotopic (exact) mass is 1890 g/mol. The van der Waals surface area contributed by atoms with Crippen molar-refractivity contribution >= 4 is 105 Å².